The third-order valence-corrected chi connectivity index (χ3v) is 5.75. The van der Waals surface area contributed by atoms with Crippen molar-refractivity contribution in [3.8, 4) is 0 Å². The van der Waals surface area contributed by atoms with Crippen LogP contribution in [-0.4, -0.2) is 71.2 Å². The Morgan fingerprint density at radius 2 is 2.00 bits per heavy atom. The number of hydrogen-bond donors (Lipinski definition) is 0. The molecular formula is C19H27N3O3S. The monoisotopic (exact) mass is 377 g/mol. The fourth-order valence-electron chi connectivity index (χ4n) is 3.45. The lowest BCUT2D eigenvalue weighted by Crippen LogP contribution is -2.49. The molecule has 0 spiro atoms. The molecule has 2 fully saturated rings. The Bertz CT molecular complexity index is 647. The summed E-state index contributed by atoms with van der Waals surface area (Å²) in [7, 11) is 0. The number of hydrogen-bond acceptors (Lipinski definition) is 5. The van der Waals surface area contributed by atoms with Gasteiger partial charge in [0, 0.05) is 37.6 Å². The summed E-state index contributed by atoms with van der Waals surface area (Å²) in [6, 6.07) is 3.64. The highest BCUT2D eigenvalue weighted by atomic mass is 32.2. The predicted molar refractivity (Wildman–Crippen MR) is 101 cm³/mol. The predicted octanol–water partition coefficient (Wildman–Crippen LogP) is 2.29. The van der Waals surface area contributed by atoms with Crippen molar-refractivity contribution < 1.29 is 14.3 Å². The summed E-state index contributed by atoms with van der Waals surface area (Å²) in [4.78, 5) is 34.0. The van der Waals surface area contributed by atoms with Gasteiger partial charge in [0.1, 0.15) is 5.03 Å². The number of carbonyl (C=O) groups is 2. The zero-order chi connectivity index (χ0) is 18.5. The summed E-state index contributed by atoms with van der Waals surface area (Å²) in [5, 5.41) is 1.13. The minimum absolute atomic E-state index is 0.0132. The van der Waals surface area contributed by atoms with Gasteiger partial charge < -0.3 is 14.5 Å². The van der Waals surface area contributed by atoms with Crippen LogP contribution in [0.2, 0.25) is 0 Å². The number of carbonyl (C=O) groups excluding carboxylic acids is 2. The number of thioether (sulfide) groups is 1. The van der Waals surface area contributed by atoms with Crippen LogP contribution in [0, 0.1) is 5.92 Å². The van der Waals surface area contributed by atoms with E-state index in [4.69, 9.17) is 4.74 Å². The summed E-state index contributed by atoms with van der Waals surface area (Å²) in [5.41, 5.74) is 0.644. The molecule has 6 nitrogen and oxygen atoms in total. The smallest absolute Gasteiger partial charge is 0.256 e. The van der Waals surface area contributed by atoms with E-state index in [0.717, 1.165) is 17.9 Å². The number of pyridine rings is 1. The van der Waals surface area contributed by atoms with E-state index >= 15 is 0 Å². The molecule has 0 bridgehead atoms. The van der Waals surface area contributed by atoms with Crippen molar-refractivity contribution in [2.75, 3.05) is 39.4 Å². The average Bonchev–Trinajstić information content (AvgIpc) is 2.67. The number of likely N-dealkylation sites (tertiary alicyclic amines) is 1. The number of piperidine rings is 1. The maximum Gasteiger partial charge on any atom is 0.256 e. The van der Waals surface area contributed by atoms with E-state index in [0.29, 0.717) is 50.2 Å². The van der Waals surface area contributed by atoms with Crippen molar-refractivity contribution in [1.82, 2.24) is 14.8 Å². The molecule has 3 heterocycles. The van der Waals surface area contributed by atoms with Gasteiger partial charge in [-0.15, -0.1) is 11.8 Å². The molecule has 0 unspecified atom stereocenters. The minimum Gasteiger partial charge on any atom is -0.378 e. The second-order valence-corrected chi connectivity index (χ2v) is 8.62. The first-order valence-corrected chi connectivity index (χ1v) is 10.2. The molecule has 0 aliphatic carbocycles. The molecule has 0 N–H and O–H groups in total. The third kappa shape index (κ3) is 4.57. The van der Waals surface area contributed by atoms with E-state index in [1.54, 1.807) is 24.0 Å². The molecule has 142 valence electrons. The van der Waals surface area contributed by atoms with Gasteiger partial charge in [-0.25, -0.2) is 4.98 Å². The maximum atomic E-state index is 13.1. The average molecular weight is 378 g/mol. The van der Waals surface area contributed by atoms with Gasteiger partial charge in [0.05, 0.1) is 24.7 Å². The lowest BCUT2D eigenvalue weighted by atomic mass is 9.95. The molecule has 1 aromatic rings. The molecule has 2 aliphatic heterocycles. The van der Waals surface area contributed by atoms with Crippen LogP contribution in [0.5, 0.6) is 0 Å². The summed E-state index contributed by atoms with van der Waals surface area (Å²) in [6.07, 6.45) is 3.43. The van der Waals surface area contributed by atoms with Crippen molar-refractivity contribution in [1.29, 1.82) is 0 Å². The van der Waals surface area contributed by atoms with Gasteiger partial charge >= 0.3 is 0 Å². The Balaban J connectivity index is 1.69. The van der Waals surface area contributed by atoms with Gasteiger partial charge in [0.2, 0.25) is 5.91 Å². The summed E-state index contributed by atoms with van der Waals surface area (Å²) >= 11 is 1.60. The number of nitrogens with zero attached hydrogens (tertiary/aromatic N) is 3. The second-order valence-electron chi connectivity index (χ2n) is 7.05. The molecule has 26 heavy (non-hydrogen) atoms. The second kappa shape index (κ2) is 8.86. The highest BCUT2D eigenvalue weighted by molar-refractivity contribution is 7.99. The van der Waals surface area contributed by atoms with E-state index in [1.165, 1.54) is 0 Å². The van der Waals surface area contributed by atoms with Gasteiger partial charge in [0.15, 0.2) is 0 Å². The lowest BCUT2D eigenvalue weighted by Gasteiger charge is -2.36. The number of ether oxygens (including phenoxy) is 1. The topological polar surface area (TPSA) is 62.7 Å². The molecule has 3 rings (SSSR count). The number of morpholine rings is 1. The van der Waals surface area contributed by atoms with Crippen LogP contribution in [0.3, 0.4) is 0 Å². The van der Waals surface area contributed by atoms with E-state index in [2.05, 4.69) is 18.8 Å². The fourth-order valence-corrected chi connectivity index (χ4v) is 4.30. The third-order valence-electron chi connectivity index (χ3n) is 4.73. The quantitative estimate of drug-likeness (QED) is 0.754. The molecule has 1 atom stereocenters. The highest BCUT2D eigenvalue weighted by Crippen LogP contribution is 2.27. The first kappa shape index (κ1) is 19.2. The summed E-state index contributed by atoms with van der Waals surface area (Å²) < 4.78 is 5.33. The molecule has 0 radical (unpaired) electrons. The fraction of sp³-hybridized carbons (Fsp3) is 0.632. The van der Waals surface area contributed by atoms with Gasteiger partial charge in [0.25, 0.3) is 5.91 Å². The van der Waals surface area contributed by atoms with Crippen LogP contribution in [-0.2, 0) is 9.53 Å². The molecule has 7 heteroatoms. The Morgan fingerprint density at radius 1 is 1.23 bits per heavy atom. The highest BCUT2D eigenvalue weighted by Gasteiger charge is 2.32. The normalized spacial score (nSPS) is 21.1. The maximum absolute atomic E-state index is 13.1. The van der Waals surface area contributed by atoms with E-state index in [9.17, 15) is 9.59 Å². The molecule has 0 aromatic carbocycles. The SMILES string of the molecule is CC(C)Sc1ncccc1C(=O)N1CCC[C@H](C(=O)N2CCOCC2)C1. The molecule has 1 aromatic heterocycles. The van der Waals surface area contributed by atoms with Crippen LogP contribution in [0.4, 0.5) is 0 Å². The molecule has 2 amide bonds. The van der Waals surface area contributed by atoms with Crippen LogP contribution >= 0.6 is 11.8 Å². The van der Waals surface area contributed by atoms with Crippen molar-refractivity contribution in [2.45, 2.75) is 37.0 Å². The number of aromatic nitrogens is 1. The molecule has 2 aliphatic rings. The van der Waals surface area contributed by atoms with Crippen LogP contribution in [0.25, 0.3) is 0 Å². The van der Waals surface area contributed by atoms with Gasteiger partial charge in [-0.2, -0.15) is 0 Å². The van der Waals surface area contributed by atoms with Gasteiger partial charge in [-0.05, 0) is 25.0 Å². The largest absolute Gasteiger partial charge is 0.378 e. The molecule has 0 saturated carbocycles. The van der Waals surface area contributed by atoms with Crippen molar-refractivity contribution in [3.05, 3.63) is 23.9 Å². The van der Waals surface area contributed by atoms with Crippen molar-refractivity contribution >= 4 is 23.6 Å². The van der Waals surface area contributed by atoms with Crippen molar-refractivity contribution in [2.24, 2.45) is 5.92 Å². The Kier molecular flexibility index (Phi) is 6.53. The first-order chi connectivity index (χ1) is 12.6. The zero-order valence-corrected chi connectivity index (χ0v) is 16.3. The van der Waals surface area contributed by atoms with Crippen LogP contribution in [0.15, 0.2) is 23.4 Å². The summed E-state index contributed by atoms with van der Waals surface area (Å²) in [6.45, 7) is 7.89. The van der Waals surface area contributed by atoms with Crippen molar-refractivity contribution in [3.63, 3.8) is 0 Å². The number of rotatable bonds is 4. The lowest BCUT2D eigenvalue weighted by molar-refractivity contribution is -0.141. The zero-order valence-electron chi connectivity index (χ0n) is 15.5. The molecular weight excluding hydrogens is 350 g/mol. The van der Waals surface area contributed by atoms with E-state index < -0.39 is 0 Å². The Labute approximate surface area is 159 Å². The summed E-state index contributed by atoms with van der Waals surface area (Å²) in [5.74, 6) is 0.0400. The van der Waals surface area contributed by atoms with Gasteiger partial charge in [-0.1, -0.05) is 13.8 Å². The van der Waals surface area contributed by atoms with Gasteiger partial charge in [-0.3, -0.25) is 9.59 Å². The minimum atomic E-state index is -0.108. The van der Waals surface area contributed by atoms with Crippen LogP contribution in [0.1, 0.15) is 37.0 Å². The van der Waals surface area contributed by atoms with E-state index in [1.807, 2.05) is 15.9 Å². The van der Waals surface area contributed by atoms with E-state index in [-0.39, 0.29) is 17.7 Å². The van der Waals surface area contributed by atoms with Crippen LogP contribution < -0.4 is 0 Å². The number of amides is 2. The molecule has 2 saturated heterocycles. The first-order valence-electron chi connectivity index (χ1n) is 9.33. The Morgan fingerprint density at radius 3 is 2.73 bits per heavy atom. The standard InChI is InChI=1S/C19H27N3O3S/c1-14(2)26-17-16(6-3-7-20-17)19(24)22-8-4-5-15(13-22)18(23)21-9-11-25-12-10-21/h3,6-7,14-15H,4-5,8-13H2,1-2H3/t15-/m0/s1. The Hall–Kier alpha value is -1.60.